The quantitative estimate of drug-likeness (QED) is 0.632. The largest absolute Gasteiger partial charge is 0.350 e. The third-order valence-electron chi connectivity index (χ3n) is 4.71. The third-order valence-corrected chi connectivity index (χ3v) is 5.68. The number of fused-ring (bicyclic) bond motifs is 1. The fraction of sp³-hybridized carbons (Fsp3) is 0.227. The Kier molecular flexibility index (Phi) is 5.95. The van der Waals surface area contributed by atoms with Crippen LogP contribution in [0.1, 0.15) is 22.4 Å². The van der Waals surface area contributed by atoms with E-state index in [0.29, 0.717) is 12.4 Å². The van der Waals surface area contributed by atoms with E-state index in [1.54, 1.807) is 16.4 Å². The Morgan fingerprint density at radius 1 is 0.931 bits per heavy atom. The molecule has 2 aromatic carbocycles. The molecule has 0 fully saturated rings. The monoisotopic (exact) mass is 406 g/mol. The number of thioether (sulfide) groups is 1. The molecule has 0 aliphatic carbocycles. The van der Waals surface area contributed by atoms with Gasteiger partial charge in [-0.1, -0.05) is 60.7 Å². The zero-order chi connectivity index (χ0) is 20.1. The van der Waals surface area contributed by atoms with E-state index in [1.807, 2.05) is 60.7 Å². The first-order valence-corrected chi connectivity index (χ1v) is 10.6. The van der Waals surface area contributed by atoms with Crippen LogP contribution in [0.2, 0.25) is 0 Å². The Balaban J connectivity index is 1.43. The maximum absolute atomic E-state index is 12.6. The Labute approximate surface area is 173 Å². The molecule has 0 unspecified atom stereocenters. The van der Waals surface area contributed by atoms with Crippen LogP contribution < -0.4 is 10.6 Å². The minimum Gasteiger partial charge on any atom is -0.350 e. The highest BCUT2D eigenvalue weighted by molar-refractivity contribution is 7.98. The Bertz CT molecular complexity index is 1000. The Morgan fingerprint density at radius 2 is 1.62 bits per heavy atom. The summed E-state index contributed by atoms with van der Waals surface area (Å²) in [5.74, 6) is 1.99. The summed E-state index contributed by atoms with van der Waals surface area (Å²) in [6, 6.07) is 19.4. The molecule has 1 aliphatic rings. The number of aromatic nitrogens is 2. The fourth-order valence-electron chi connectivity index (χ4n) is 3.27. The minimum absolute atomic E-state index is 0.0749. The van der Waals surface area contributed by atoms with E-state index in [1.165, 1.54) is 0 Å². The average molecular weight is 407 g/mol. The molecule has 0 atom stereocenters. The molecule has 4 rings (SSSR count). The third kappa shape index (κ3) is 4.86. The van der Waals surface area contributed by atoms with Crippen molar-refractivity contribution in [2.75, 3.05) is 5.32 Å². The van der Waals surface area contributed by atoms with Crippen LogP contribution in [-0.2, 0) is 40.6 Å². The van der Waals surface area contributed by atoms with E-state index in [0.717, 1.165) is 33.9 Å². The normalized spacial score (nSPS) is 12.4. The summed E-state index contributed by atoms with van der Waals surface area (Å²) in [5, 5.41) is 10.5. The lowest BCUT2D eigenvalue weighted by atomic mass is 10.1. The van der Waals surface area contributed by atoms with Crippen LogP contribution in [-0.4, -0.2) is 21.6 Å². The van der Waals surface area contributed by atoms with Crippen LogP contribution in [0.15, 0.2) is 60.7 Å². The molecule has 0 spiro atoms. The lowest BCUT2D eigenvalue weighted by molar-refractivity contribution is -0.122. The number of hydrogen-bond acceptors (Lipinski definition) is 4. The maximum atomic E-state index is 12.6. The van der Waals surface area contributed by atoms with Gasteiger partial charge in [0.15, 0.2) is 0 Å². The molecule has 1 aliphatic heterocycles. The lowest BCUT2D eigenvalue weighted by Crippen LogP contribution is -2.29. The molecule has 2 N–H and O–H groups in total. The average Bonchev–Trinajstić information content (AvgIpc) is 3.31. The molecule has 7 heteroatoms. The van der Waals surface area contributed by atoms with Gasteiger partial charge in [0.2, 0.25) is 11.8 Å². The van der Waals surface area contributed by atoms with E-state index in [9.17, 15) is 9.59 Å². The van der Waals surface area contributed by atoms with Gasteiger partial charge in [-0.2, -0.15) is 16.9 Å². The SMILES string of the molecule is O=C(Cn1nc2c(c1NC(=O)Cc1ccccc1)CSC2)NCc1ccccc1. The summed E-state index contributed by atoms with van der Waals surface area (Å²) in [4.78, 5) is 25.0. The second-order valence-corrected chi connectivity index (χ2v) is 7.88. The molecule has 0 saturated carbocycles. The van der Waals surface area contributed by atoms with Gasteiger partial charge in [0.05, 0.1) is 12.1 Å². The van der Waals surface area contributed by atoms with Crippen molar-refractivity contribution in [3.05, 3.63) is 83.0 Å². The summed E-state index contributed by atoms with van der Waals surface area (Å²) >= 11 is 1.76. The first kappa shape index (κ1) is 19.3. The van der Waals surface area contributed by atoms with E-state index < -0.39 is 0 Å². The van der Waals surface area contributed by atoms with Crippen molar-refractivity contribution in [1.29, 1.82) is 0 Å². The second-order valence-electron chi connectivity index (χ2n) is 6.90. The zero-order valence-corrected chi connectivity index (χ0v) is 16.7. The Hall–Kier alpha value is -3.06. The topological polar surface area (TPSA) is 76.0 Å². The predicted octanol–water partition coefficient (Wildman–Crippen LogP) is 3.13. The van der Waals surface area contributed by atoms with Crippen LogP contribution in [0.5, 0.6) is 0 Å². The molecular weight excluding hydrogens is 384 g/mol. The minimum atomic E-state index is -0.138. The highest BCUT2D eigenvalue weighted by atomic mass is 32.2. The highest BCUT2D eigenvalue weighted by Gasteiger charge is 2.24. The van der Waals surface area contributed by atoms with Crippen molar-refractivity contribution >= 4 is 29.4 Å². The van der Waals surface area contributed by atoms with Gasteiger partial charge in [-0.05, 0) is 11.1 Å². The lowest BCUT2D eigenvalue weighted by Gasteiger charge is -2.11. The number of rotatable bonds is 7. The van der Waals surface area contributed by atoms with E-state index in [4.69, 9.17) is 0 Å². The first-order chi connectivity index (χ1) is 14.2. The van der Waals surface area contributed by atoms with Gasteiger partial charge in [0.1, 0.15) is 12.4 Å². The van der Waals surface area contributed by atoms with Gasteiger partial charge in [0.25, 0.3) is 0 Å². The van der Waals surface area contributed by atoms with Crippen molar-refractivity contribution in [3.8, 4) is 0 Å². The van der Waals surface area contributed by atoms with Gasteiger partial charge in [-0.3, -0.25) is 9.59 Å². The summed E-state index contributed by atoms with van der Waals surface area (Å²) in [7, 11) is 0. The maximum Gasteiger partial charge on any atom is 0.242 e. The molecular formula is C22H22N4O2S. The number of nitrogens with one attached hydrogen (secondary N) is 2. The number of nitrogens with zero attached hydrogens (tertiary/aromatic N) is 2. The second kappa shape index (κ2) is 8.96. The number of anilines is 1. The molecule has 1 aromatic heterocycles. The molecule has 2 amide bonds. The Morgan fingerprint density at radius 3 is 2.34 bits per heavy atom. The molecule has 0 radical (unpaired) electrons. The van der Waals surface area contributed by atoms with Gasteiger partial charge in [0, 0.05) is 23.6 Å². The van der Waals surface area contributed by atoms with Crippen molar-refractivity contribution in [1.82, 2.24) is 15.1 Å². The van der Waals surface area contributed by atoms with Crippen LogP contribution in [0.25, 0.3) is 0 Å². The fourth-order valence-corrected chi connectivity index (χ4v) is 4.30. The molecule has 0 saturated heterocycles. The molecule has 0 bridgehead atoms. The van der Waals surface area contributed by atoms with Gasteiger partial charge < -0.3 is 10.6 Å². The van der Waals surface area contributed by atoms with E-state index in [2.05, 4.69) is 15.7 Å². The number of benzene rings is 2. The number of amides is 2. The highest BCUT2D eigenvalue weighted by Crippen LogP contribution is 2.34. The van der Waals surface area contributed by atoms with Crippen LogP contribution >= 0.6 is 11.8 Å². The van der Waals surface area contributed by atoms with Crippen molar-refractivity contribution in [3.63, 3.8) is 0 Å². The molecule has 148 valence electrons. The molecule has 29 heavy (non-hydrogen) atoms. The molecule has 6 nitrogen and oxygen atoms in total. The van der Waals surface area contributed by atoms with Crippen molar-refractivity contribution in [2.24, 2.45) is 0 Å². The van der Waals surface area contributed by atoms with E-state index in [-0.39, 0.29) is 24.8 Å². The standard InChI is InChI=1S/C22H22N4O2S/c27-20(11-16-7-3-1-4-8-16)24-22-18-14-29-15-19(18)25-26(22)13-21(28)23-12-17-9-5-2-6-10-17/h1-10H,11-15H2,(H,23,28)(H,24,27). The smallest absolute Gasteiger partial charge is 0.242 e. The summed E-state index contributed by atoms with van der Waals surface area (Å²) in [6.45, 7) is 0.539. The zero-order valence-electron chi connectivity index (χ0n) is 15.9. The van der Waals surface area contributed by atoms with Crippen LogP contribution in [0.3, 0.4) is 0 Å². The predicted molar refractivity (Wildman–Crippen MR) is 114 cm³/mol. The molecule has 3 aromatic rings. The molecule has 2 heterocycles. The van der Waals surface area contributed by atoms with Gasteiger partial charge in [-0.25, -0.2) is 4.68 Å². The number of carbonyl (C=O) groups excluding carboxylic acids is 2. The van der Waals surface area contributed by atoms with Crippen molar-refractivity contribution in [2.45, 2.75) is 31.0 Å². The number of hydrogen-bond donors (Lipinski definition) is 2. The first-order valence-electron chi connectivity index (χ1n) is 9.50. The summed E-state index contributed by atoms with van der Waals surface area (Å²) in [5.41, 5.74) is 3.95. The van der Waals surface area contributed by atoms with Crippen LogP contribution in [0.4, 0.5) is 5.82 Å². The number of carbonyl (C=O) groups is 2. The van der Waals surface area contributed by atoms with Gasteiger partial charge in [-0.15, -0.1) is 0 Å². The van der Waals surface area contributed by atoms with Crippen LogP contribution in [0, 0.1) is 0 Å². The van der Waals surface area contributed by atoms with E-state index >= 15 is 0 Å². The van der Waals surface area contributed by atoms with Crippen molar-refractivity contribution < 1.29 is 9.59 Å². The van der Waals surface area contributed by atoms with Gasteiger partial charge >= 0.3 is 0 Å². The summed E-state index contributed by atoms with van der Waals surface area (Å²) < 4.78 is 1.62. The summed E-state index contributed by atoms with van der Waals surface area (Å²) in [6.07, 6.45) is 0.286.